The molecular weight excluding hydrogens is 366 g/mol. The van der Waals surface area contributed by atoms with Crippen LogP contribution in [0.3, 0.4) is 0 Å². The summed E-state index contributed by atoms with van der Waals surface area (Å²) in [5.74, 6) is 1.05. The van der Waals surface area contributed by atoms with E-state index in [2.05, 4.69) is 15.0 Å². The Morgan fingerprint density at radius 3 is 2.50 bits per heavy atom. The third kappa shape index (κ3) is 4.03. The van der Waals surface area contributed by atoms with Crippen molar-refractivity contribution in [2.24, 2.45) is 0 Å². The van der Waals surface area contributed by atoms with Gasteiger partial charge in [0.25, 0.3) is 0 Å². The summed E-state index contributed by atoms with van der Waals surface area (Å²) in [5.41, 5.74) is 0.926. The van der Waals surface area contributed by atoms with Gasteiger partial charge in [-0.2, -0.15) is 0 Å². The van der Waals surface area contributed by atoms with Crippen molar-refractivity contribution in [3.63, 3.8) is 0 Å². The molecule has 0 aliphatic carbocycles. The van der Waals surface area contributed by atoms with Crippen molar-refractivity contribution >= 4 is 16.9 Å². The van der Waals surface area contributed by atoms with Crippen molar-refractivity contribution in [3.05, 3.63) is 36.4 Å². The number of nitrogens with zero attached hydrogens (tertiary/aromatic N) is 3. The Labute approximate surface area is 160 Å². The van der Waals surface area contributed by atoms with E-state index in [1.54, 1.807) is 25.3 Å². The lowest BCUT2D eigenvalue weighted by Crippen LogP contribution is -2.05. The van der Waals surface area contributed by atoms with Crippen LogP contribution >= 0.6 is 0 Å². The van der Waals surface area contributed by atoms with Crippen LogP contribution in [0, 0.1) is 0 Å². The molecule has 0 aliphatic rings. The van der Waals surface area contributed by atoms with Gasteiger partial charge in [0.15, 0.2) is 17.2 Å². The molecule has 0 spiro atoms. The Balaban J connectivity index is 1.99. The van der Waals surface area contributed by atoms with E-state index >= 15 is 0 Å². The van der Waals surface area contributed by atoms with Crippen LogP contribution < -0.4 is 18.9 Å². The molecule has 0 saturated heterocycles. The number of ether oxygens (including phenoxy) is 4. The second-order valence-corrected chi connectivity index (χ2v) is 5.62. The van der Waals surface area contributed by atoms with Gasteiger partial charge in [-0.15, -0.1) is 0 Å². The third-order valence-electron chi connectivity index (χ3n) is 3.84. The predicted molar refractivity (Wildman–Crippen MR) is 99.5 cm³/mol. The fraction of sp³-hybridized carbons (Fsp3) is 0.263. The van der Waals surface area contributed by atoms with Crippen LogP contribution in [0.5, 0.6) is 28.9 Å². The zero-order chi connectivity index (χ0) is 20.1. The summed E-state index contributed by atoms with van der Waals surface area (Å²) < 4.78 is 22.0. The maximum Gasteiger partial charge on any atom is 0.309 e. The molecule has 0 saturated carbocycles. The van der Waals surface area contributed by atoms with E-state index in [4.69, 9.17) is 24.1 Å². The summed E-state index contributed by atoms with van der Waals surface area (Å²) in [6.45, 7) is 2.37. The molecule has 3 rings (SSSR count). The molecule has 0 fully saturated rings. The molecule has 28 heavy (non-hydrogen) atoms. The Bertz CT molecular complexity index is 1010. The highest BCUT2D eigenvalue weighted by Gasteiger charge is 2.15. The molecule has 9 heteroatoms. The molecule has 0 radical (unpaired) electrons. The Morgan fingerprint density at radius 1 is 1.04 bits per heavy atom. The molecule has 9 nitrogen and oxygen atoms in total. The number of hydrogen-bond donors (Lipinski definition) is 1. The minimum atomic E-state index is -1.00. The molecule has 0 atom stereocenters. The molecule has 0 amide bonds. The van der Waals surface area contributed by atoms with Crippen molar-refractivity contribution in [3.8, 4) is 28.9 Å². The maximum atomic E-state index is 10.9. The van der Waals surface area contributed by atoms with Crippen molar-refractivity contribution in [2.45, 2.75) is 13.3 Å². The molecule has 0 bridgehead atoms. The predicted octanol–water partition coefficient (Wildman–Crippen LogP) is 2.86. The molecular formula is C19H19N3O6. The van der Waals surface area contributed by atoms with Gasteiger partial charge in [-0.3, -0.25) is 9.78 Å². The largest absolute Gasteiger partial charge is 0.495 e. The van der Waals surface area contributed by atoms with E-state index in [1.165, 1.54) is 19.6 Å². The van der Waals surface area contributed by atoms with Crippen molar-refractivity contribution < 1.29 is 28.8 Å². The van der Waals surface area contributed by atoms with E-state index in [9.17, 15) is 4.79 Å². The Kier molecular flexibility index (Phi) is 5.73. The fourth-order valence-electron chi connectivity index (χ4n) is 2.62. The van der Waals surface area contributed by atoms with Crippen LogP contribution in [0.4, 0.5) is 0 Å². The van der Waals surface area contributed by atoms with Gasteiger partial charge in [0.05, 0.1) is 50.0 Å². The maximum absolute atomic E-state index is 10.9. The summed E-state index contributed by atoms with van der Waals surface area (Å²) in [7, 11) is 2.98. The lowest BCUT2D eigenvalue weighted by molar-refractivity contribution is -0.136. The van der Waals surface area contributed by atoms with Gasteiger partial charge in [-0.25, -0.2) is 9.97 Å². The quantitative estimate of drug-likeness (QED) is 0.625. The van der Waals surface area contributed by atoms with Crippen molar-refractivity contribution in [2.75, 3.05) is 20.8 Å². The highest BCUT2D eigenvalue weighted by molar-refractivity contribution is 5.87. The summed E-state index contributed by atoms with van der Waals surface area (Å²) in [4.78, 5) is 23.5. The van der Waals surface area contributed by atoms with Gasteiger partial charge >= 0.3 is 5.97 Å². The molecule has 1 N–H and O–H groups in total. The van der Waals surface area contributed by atoms with E-state index in [0.717, 1.165) is 0 Å². The normalized spacial score (nSPS) is 10.5. The van der Waals surface area contributed by atoms with E-state index in [0.29, 0.717) is 52.1 Å². The number of rotatable bonds is 8. The Morgan fingerprint density at radius 2 is 1.82 bits per heavy atom. The monoisotopic (exact) mass is 385 g/mol. The molecule has 0 unspecified atom stereocenters. The van der Waals surface area contributed by atoms with E-state index in [1.807, 2.05) is 6.92 Å². The number of benzene rings is 1. The number of aromatic nitrogens is 3. The summed E-state index contributed by atoms with van der Waals surface area (Å²) in [5, 5.41) is 9.58. The van der Waals surface area contributed by atoms with Crippen LogP contribution in [-0.4, -0.2) is 46.9 Å². The van der Waals surface area contributed by atoms with Crippen LogP contribution in [0.1, 0.15) is 12.6 Å². The van der Waals surface area contributed by atoms with Crippen LogP contribution in [-0.2, 0) is 11.2 Å². The molecule has 2 aromatic heterocycles. The number of fused-ring (bicyclic) bond motifs is 1. The standard InChI is InChI=1S/C19H19N3O6/c1-4-27-17-7-13-12(6-16(17)26-3)19(22-10-21-13)28-11-5-15(25-2)14(20-9-11)8-18(23)24/h5-7,9-10H,4,8H2,1-3H3,(H,23,24). The zero-order valence-electron chi connectivity index (χ0n) is 15.6. The van der Waals surface area contributed by atoms with Gasteiger partial charge in [-0.05, 0) is 13.0 Å². The van der Waals surface area contributed by atoms with Gasteiger partial charge in [0.1, 0.15) is 12.1 Å². The first-order valence-electron chi connectivity index (χ1n) is 8.43. The average molecular weight is 385 g/mol. The summed E-state index contributed by atoms with van der Waals surface area (Å²) >= 11 is 0. The smallest absolute Gasteiger partial charge is 0.309 e. The number of aliphatic carboxylic acids is 1. The highest BCUT2D eigenvalue weighted by atomic mass is 16.5. The third-order valence-corrected chi connectivity index (χ3v) is 3.84. The number of pyridine rings is 1. The molecule has 146 valence electrons. The first-order chi connectivity index (χ1) is 13.5. The second-order valence-electron chi connectivity index (χ2n) is 5.62. The highest BCUT2D eigenvalue weighted by Crippen LogP contribution is 2.36. The number of carbonyl (C=O) groups is 1. The lowest BCUT2D eigenvalue weighted by atomic mass is 10.2. The number of methoxy groups -OCH3 is 2. The molecule has 0 aliphatic heterocycles. The van der Waals surface area contributed by atoms with Crippen molar-refractivity contribution in [1.29, 1.82) is 0 Å². The number of carboxylic acids is 1. The average Bonchev–Trinajstić information content (AvgIpc) is 2.68. The van der Waals surface area contributed by atoms with E-state index < -0.39 is 5.97 Å². The molecule has 2 heterocycles. The number of carboxylic acid groups (broad SMARTS) is 1. The topological polar surface area (TPSA) is 113 Å². The van der Waals surface area contributed by atoms with Crippen molar-refractivity contribution in [1.82, 2.24) is 15.0 Å². The van der Waals surface area contributed by atoms with Gasteiger partial charge < -0.3 is 24.1 Å². The molecule has 3 aromatic rings. The molecule has 1 aromatic carbocycles. The fourth-order valence-corrected chi connectivity index (χ4v) is 2.62. The van der Waals surface area contributed by atoms with Crippen LogP contribution in [0.25, 0.3) is 10.9 Å². The van der Waals surface area contributed by atoms with Crippen LogP contribution in [0.15, 0.2) is 30.7 Å². The minimum Gasteiger partial charge on any atom is -0.495 e. The summed E-state index contributed by atoms with van der Waals surface area (Å²) in [6, 6.07) is 5.05. The first kappa shape index (κ1) is 19.2. The van der Waals surface area contributed by atoms with Gasteiger partial charge in [0, 0.05) is 12.1 Å². The van der Waals surface area contributed by atoms with Crippen LogP contribution in [0.2, 0.25) is 0 Å². The SMILES string of the molecule is CCOc1cc2ncnc(Oc3cnc(CC(=O)O)c(OC)c3)c2cc1OC. The number of hydrogen-bond acceptors (Lipinski definition) is 8. The minimum absolute atomic E-state index is 0.253. The summed E-state index contributed by atoms with van der Waals surface area (Å²) in [6.07, 6.45) is 2.54. The van der Waals surface area contributed by atoms with Gasteiger partial charge in [0.2, 0.25) is 5.88 Å². The van der Waals surface area contributed by atoms with Gasteiger partial charge in [-0.1, -0.05) is 0 Å². The lowest BCUT2D eigenvalue weighted by Gasteiger charge is -2.13. The first-order valence-corrected chi connectivity index (χ1v) is 8.43. The Hall–Kier alpha value is -3.62. The zero-order valence-corrected chi connectivity index (χ0v) is 15.6. The van der Waals surface area contributed by atoms with E-state index in [-0.39, 0.29) is 6.42 Å². The second kappa shape index (κ2) is 8.38.